The Kier molecular flexibility index (Phi) is 5.07. The van der Waals surface area contributed by atoms with E-state index in [0.29, 0.717) is 12.1 Å². The number of carbonyl (C=O) groups excluding carboxylic acids is 2. The smallest absolute Gasteiger partial charge is 0.251 e. The molecule has 5 nitrogen and oxygen atoms in total. The van der Waals surface area contributed by atoms with Crippen LogP contribution in [0.25, 0.3) is 0 Å². The number of piperidine rings is 1. The van der Waals surface area contributed by atoms with Crippen LogP contribution < -0.4 is 15.1 Å². The molecule has 2 aliphatic heterocycles. The molecule has 146 valence electrons. The molecule has 1 fully saturated rings. The molecule has 28 heavy (non-hydrogen) atoms. The van der Waals surface area contributed by atoms with Crippen LogP contribution in [0.5, 0.6) is 0 Å². The van der Waals surface area contributed by atoms with Crippen LogP contribution in [-0.2, 0) is 17.8 Å². The minimum atomic E-state index is -0.121. The third-order valence-electron chi connectivity index (χ3n) is 5.91. The van der Waals surface area contributed by atoms with Crippen LogP contribution in [0.1, 0.15) is 47.7 Å². The fraction of sp³-hybridized carbons (Fsp3) is 0.391. The van der Waals surface area contributed by atoms with E-state index in [1.165, 1.54) is 5.56 Å². The first kappa shape index (κ1) is 18.5. The molecule has 0 saturated carbocycles. The van der Waals surface area contributed by atoms with E-state index in [4.69, 9.17) is 0 Å². The maximum absolute atomic E-state index is 12.8. The molecule has 0 aliphatic carbocycles. The molecule has 1 unspecified atom stereocenters. The Morgan fingerprint density at radius 1 is 1.07 bits per heavy atom. The molecule has 5 heteroatoms. The molecule has 2 aliphatic rings. The van der Waals surface area contributed by atoms with Gasteiger partial charge in [-0.2, -0.15) is 0 Å². The maximum Gasteiger partial charge on any atom is 0.251 e. The predicted molar refractivity (Wildman–Crippen MR) is 112 cm³/mol. The number of likely N-dealkylation sites (N-methyl/N-ethyl adjacent to an activating group) is 1. The second-order valence-corrected chi connectivity index (χ2v) is 7.66. The van der Waals surface area contributed by atoms with Crippen molar-refractivity contribution in [2.75, 3.05) is 23.4 Å². The molecular weight excluding hydrogens is 350 g/mol. The third kappa shape index (κ3) is 3.37. The average Bonchev–Trinajstić information content (AvgIpc) is 2.75. The number of nitrogens with zero attached hydrogens (tertiary/aromatic N) is 2. The van der Waals surface area contributed by atoms with E-state index in [0.717, 1.165) is 49.2 Å². The summed E-state index contributed by atoms with van der Waals surface area (Å²) in [6.07, 6.45) is 4.11. The van der Waals surface area contributed by atoms with E-state index < -0.39 is 0 Å². The zero-order valence-electron chi connectivity index (χ0n) is 16.6. The minimum Gasteiger partial charge on any atom is -0.358 e. The Morgan fingerprint density at radius 2 is 1.82 bits per heavy atom. The van der Waals surface area contributed by atoms with Crippen LogP contribution in [0.4, 0.5) is 11.4 Å². The molecule has 1 N–H and O–H groups in total. The zero-order valence-corrected chi connectivity index (χ0v) is 16.6. The Balaban J connectivity index is 1.51. The molecule has 0 spiro atoms. The molecule has 0 aromatic heterocycles. The first-order chi connectivity index (χ1) is 13.6. The highest BCUT2D eigenvalue weighted by atomic mass is 16.2. The fourth-order valence-corrected chi connectivity index (χ4v) is 4.17. The lowest BCUT2D eigenvalue weighted by Gasteiger charge is -2.44. The second-order valence-electron chi connectivity index (χ2n) is 7.66. The molecule has 1 atom stereocenters. The SMILES string of the molecule is CCc1ccc(CNC(=O)c2ccc3c(c2)N(C)C(=O)C2CCCCN32)cc1. The summed E-state index contributed by atoms with van der Waals surface area (Å²) in [5.41, 5.74) is 4.82. The van der Waals surface area contributed by atoms with Crippen molar-refractivity contribution in [1.29, 1.82) is 0 Å². The fourth-order valence-electron chi connectivity index (χ4n) is 4.17. The first-order valence-corrected chi connectivity index (χ1v) is 10.1. The number of hydrogen-bond donors (Lipinski definition) is 1. The predicted octanol–water partition coefficient (Wildman–Crippen LogP) is 3.51. The van der Waals surface area contributed by atoms with E-state index in [2.05, 4.69) is 41.4 Å². The van der Waals surface area contributed by atoms with Crippen molar-refractivity contribution in [3.05, 3.63) is 59.2 Å². The molecule has 4 rings (SSSR count). The van der Waals surface area contributed by atoms with E-state index in [1.807, 2.05) is 25.2 Å². The summed E-state index contributed by atoms with van der Waals surface area (Å²) >= 11 is 0. The van der Waals surface area contributed by atoms with Gasteiger partial charge in [-0.05, 0) is 55.0 Å². The van der Waals surface area contributed by atoms with Crippen molar-refractivity contribution < 1.29 is 9.59 Å². The molecule has 0 bridgehead atoms. The van der Waals surface area contributed by atoms with Crippen LogP contribution in [0, 0.1) is 0 Å². The first-order valence-electron chi connectivity index (χ1n) is 10.1. The van der Waals surface area contributed by atoms with Crippen molar-refractivity contribution in [2.24, 2.45) is 0 Å². The van der Waals surface area contributed by atoms with Gasteiger partial charge in [0.1, 0.15) is 6.04 Å². The van der Waals surface area contributed by atoms with Crippen molar-refractivity contribution in [2.45, 2.75) is 45.2 Å². The number of amides is 2. The summed E-state index contributed by atoms with van der Waals surface area (Å²) in [5, 5.41) is 2.99. The quantitative estimate of drug-likeness (QED) is 0.887. The molecule has 0 radical (unpaired) electrons. The highest BCUT2D eigenvalue weighted by Gasteiger charge is 2.37. The van der Waals surface area contributed by atoms with Gasteiger partial charge in [0.25, 0.3) is 5.91 Å². The third-order valence-corrected chi connectivity index (χ3v) is 5.91. The summed E-state index contributed by atoms with van der Waals surface area (Å²) in [6, 6.07) is 13.9. The van der Waals surface area contributed by atoms with E-state index in [-0.39, 0.29) is 17.9 Å². The number of rotatable bonds is 4. The number of aryl methyl sites for hydroxylation is 1. The Bertz CT molecular complexity index is 891. The average molecular weight is 377 g/mol. The van der Waals surface area contributed by atoms with Crippen molar-refractivity contribution in [3.8, 4) is 0 Å². The van der Waals surface area contributed by atoms with Gasteiger partial charge in [0.05, 0.1) is 11.4 Å². The lowest BCUT2D eigenvalue weighted by atomic mass is 9.96. The van der Waals surface area contributed by atoms with Crippen molar-refractivity contribution in [1.82, 2.24) is 5.32 Å². The van der Waals surface area contributed by atoms with Crippen LogP contribution >= 0.6 is 0 Å². The number of hydrogen-bond acceptors (Lipinski definition) is 3. The largest absolute Gasteiger partial charge is 0.358 e. The second kappa shape index (κ2) is 7.66. The number of carbonyl (C=O) groups is 2. The monoisotopic (exact) mass is 377 g/mol. The lowest BCUT2D eigenvalue weighted by Crippen LogP contribution is -2.54. The summed E-state index contributed by atoms with van der Waals surface area (Å²) in [4.78, 5) is 29.3. The summed E-state index contributed by atoms with van der Waals surface area (Å²) in [5.74, 6) is 0.00440. The summed E-state index contributed by atoms with van der Waals surface area (Å²) in [7, 11) is 1.81. The lowest BCUT2D eigenvalue weighted by molar-refractivity contribution is -0.120. The maximum atomic E-state index is 12.8. The minimum absolute atomic E-state index is 0.0583. The molecule has 2 heterocycles. The zero-order chi connectivity index (χ0) is 19.7. The van der Waals surface area contributed by atoms with Gasteiger partial charge in [-0.3, -0.25) is 9.59 Å². The topological polar surface area (TPSA) is 52.7 Å². The van der Waals surface area contributed by atoms with Crippen LogP contribution in [-0.4, -0.2) is 31.4 Å². The molecule has 1 saturated heterocycles. The molecule has 2 aromatic carbocycles. The van der Waals surface area contributed by atoms with E-state index in [1.54, 1.807) is 4.90 Å². The molecule has 2 amide bonds. The van der Waals surface area contributed by atoms with E-state index in [9.17, 15) is 9.59 Å². The van der Waals surface area contributed by atoms with E-state index >= 15 is 0 Å². The van der Waals surface area contributed by atoms with Gasteiger partial charge in [-0.25, -0.2) is 0 Å². The molecular formula is C23H27N3O2. The summed E-state index contributed by atoms with van der Waals surface area (Å²) < 4.78 is 0. The van der Waals surface area contributed by atoms with Gasteiger partial charge >= 0.3 is 0 Å². The highest BCUT2D eigenvalue weighted by molar-refractivity contribution is 6.07. The van der Waals surface area contributed by atoms with Gasteiger partial charge in [0, 0.05) is 25.7 Å². The van der Waals surface area contributed by atoms with Crippen LogP contribution in [0.15, 0.2) is 42.5 Å². The normalized spacial score (nSPS) is 18.5. The van der Waals surface area contributed by atoms with Crippen molar-refractivity contribution >= 4 is 23.2 Å². The standard InChI is InChI=1S/C23H27N3O2/c1-3-16-7-9-17(10-8-16)15-24-22(27)18-11-12-19-21(14-18)25(2)23(28)20-6-4-5-13-26(19)20/h7-12,14,20H,3-6,13,15H2,1-2H3,(H,24,27). The van der Waals surface area contributed by atoms with Gasteiger partial charge in [-0.15, -0.1) is 0 Å². The Labute approximate surface area is 166 Å². The van der Waals surface area contributed by atoms with Gasteiger partial charge in [0.2, 0.25) is 5.91 Å². The van der Waals surface area contributed by atoms with Gasteiger partial charge in [0.15, 0.2) is 0 Å². The van der Waals surface area contributed by atoms with Gasteiger partial charge in [-0.1, -0.05) is 31.2 Å². The van der Waals surface area contributed by atoms with Gasteiger partial charge < -0.3 is 15.1 Å². The summed E-state index contributed by atoms with van der Waals surface area (Å²) in [6.45, 7) is 3.51. The number of fused-ring (bicyclic) bond motifs is 3. The molecule has 2 aromatic rings. The Morgan fingerprint density at radius 3 is 2.57 bits per heavy atom. The van der Waals surface area contributed by atoms with Crippen molar-refractivity contribution in [3.63, 3.8) is 0 Å². The number of anilines is 2. The van der Waals surface area contributed by atoms with Crippen LogP contribution in [0.2, 0.25) is 0 Å². The Hall–Kier alpha value is -2.82. The highest BCUT2D eigenvalue weighted by Crippen LogP contribution is 2.39. The van der Waals surface area contributed by atoms with Crippen LogP contribution in [0.3, 0.4) is 0 Å². The number of nitrogens with one attached hydrogen (secondary N) is 1. The number of benzene rings is 2.